The van der Waals surface area contributed by atoms with E-state index in [9.17, 15) is 23.2 Å². The minimum Gasteiger partial charge on any atom is -0.368 e. The van der Waals surface area contributed by atoms with Crippen molar-refractivity contribution in [3.8, 4) is 6.07 Å². The average molecular weight is 410 g/mol. The average Bonchev–Trinajstić information content (AvgIpc) is 2.69. The third-order valence-corrected chi connectivity index (χ3v) is 4.60. The first-order chi connectivity index (χ1) is 13.7. The number of carbonyl (C=O) groups is 1. The summed E-state index contributed by atoms with van der Waals surface area (Å²) < 4.78 is 37.2. The maximum absolute atomic E-state index is 12.4. The molecule has 0 bridgehead atoms. The van der Waals surface area contributed by atoms with Crippen LogP contribution >= 0.6 is 0 Å². The molecule has 2 rings (SSSR count). The SMILES string of the molecule is CN=C(NCC(=O)N(C)CC(F)(F)F)NC1CCCN(c2ccccc2C#N)C1. The second-order valence-electron chi connectivity index (χ2n) is 6.85. The molecule has 0 spiro atoms. The number of carbonyl (C=O) groups excluding carboxylic acids is 1. The number of rotatable bonds is 5. The number of hydrogen-bond donors (Lipinski definition) is 2. The Morgan fingerprint density at radius 2 is 2.14 bits per heavy atom. The van der Waals surface area contributed by atoms with Gasteiger partial charge in [0.25, 0.3) is 0 Å². The molecule has 1 aliphatic heterocycles. The molecule has 158 valence electrons. The first kappa shape index (κ1) is 22.3. The Bertz CT molecular complexity index is 774. The van der Waals surface area contributed by atoms with Crippen molar-refractivity contribution in [1.29, 1.82) is 5.26 Å². The van der Waals surface area contributed by atoms with E-state index in [4.69, 9.17) is 0 Å². The number of alkyl halides is 3. The third kappa shape index (κ3) is 6.85. The summed E-state index contributed by atoms with van der Waals surface area (Å²) >= 11 is 0. The van der Waals surface area contributed by atoms with Crippen molar-refractivity contribution < 1.29 is 18.0 Å². The quantitative estimate of drug-likeness (QED) is 0.570. The van der Waals surface area contributed by atoms with Gasteiger partial charge in [-0.25, -0.2) is 0 Å². The fourth-order valence-electron chi connectivity index (χ4n) is 3.20. The van der Waals surface area contributed by atoms with Gasteiger partial charge in [-0.05, 0) is 25.0 Å². The lowest BCUT2D eigenvalue weighted by Gasteiger charge is -2.35. The predicted molar refractivity (Wildman–Crippen MR) is 105 cm³/mol. The van der Waals surface area contributed by atoms with Crippen molar-refractivity contribution in [3.63, 3.8) is 0 Å². The molecule has 29 heavy (non-hydrogen) atoms. The van der Waals surface area contributed by atoms with Gasteiger partial charge in [-0.1, -0.05) is 12.1 Å². The number of likely N-dealkylation sites (N-methyl/N-ethyl adjacent to an activating group) is 1. The van der Waals surface area contributed by atoms with Crippen molar-refractivity contribution in [2.75, 3.05) is 45.2 Å². The number of anilines is 1. The number of piperidine rings is 1. The highest BCUT2D eigenvalue weighted by molar-refractivity contribution is 5.86. The molecule has 0 saturated carbocycles. The van der Waals surface area contributed by atoms with Gasteiger partial charge in [0.15, 0.2) is 5.96 Å². The topological polar surface area (TPSA) is 83.8 Å². The summed E-state index contributed by atoms with van der Waals surface area (Å²) in [6.07, 6.45) is -2.66. The number of nitriles is 1. The van der Waals surface area contributed by atoms with Crippen LogP contribution in [0.3, 0.4) is 0 Å². The van der Waals surface area contributed by atoms with E-state index in [-0.39, 0.29) is 12.6 Å². The second kappa shape index (κ2) is 10.0. The second-order valence-corrected chi connectivity index (χ2v) is 6.85. The van der Waals surface area contributed by atoms with E-state index in [2.05, 4.69) is 26.6 Å². The Balaban J connectivity index is 1.90. The smallest absolute Gasteiger partial charge is 0.368 e. The molecule has 1 unspecified atom stereocenters. The summed E-state index contributed by atoms with van der Waals surface area (Å²) in [5, 5.41) is 15.3. The van der Waals surface area contributed by atoms with Gasteiger partial charge in [0.05, 0.1) is 17.8 Å². The van der Waals surface area contributed by atoms with Gasteiger partial charge in [-0.2, -0.15) is 18.4 Å². The van der Waals surface area contributed by atoms with E-state index in [0.29, 0.717) is 23.0 Å². The van der Waals surface area contributed by atoms with E-state index in [1.807, 2.05) is 18.2 Å². The fraction of sp³-hybridized carbons (Fsp3) is 0.526. The number of nitrogens with zero attached hydrogens (tertiary/aromatic N) is 4. The summed E-state index contributed by atoms with van der Waals surface area (Å²) in [7, 11) is 2.64. The normalized spacial score (nSPS) is 17.4. The van der Waals surface area contributed by atoms with Gasteiger partial charge in [0.2, 0.25) is 5.91 Å². The van der Waals surface area contributed by atoms with Crippen molar-refractivity contribution in [1.82, 2.24) is 15.5 Å². The highest BCUT2D eigenvalue weighted by atomic mass is 19.4. The molecule has 0 radical (unpaired) electrons. The lowest BCUT2D eigenvalue weighted by Crippen LogP contribution is -2.53. The molecule has 1 saturated heterocycles. The van der Waals surface area contributed by atoms with Crippen LogP contribution in [0.15, 0.2) is 29.3 Å². The van der Waals surface area contributed by atoms with Crippen LogP contribution in [0, 0.1) is 11.3 Å². The fourth-order valence-corrected chi connectivity index (χ4v) is 3.20. The van der Waals surface area contributed by atoms with Crippen LogP contribution < -0.4 is 15.5 Å². The maximum Gasteiger partial charge on any atom is 0.406 e. The molecular formula is C19H25F3N6O. The number of aliphatic imine (C=N–C) groups is 1. The van der Waals surface area contributed by atoms with Crippen LogP contribution in [0.4, 0.5) is 18.9 Å². The Morgan fingerprint density at radius 1 is 1.41 bits per heavy atom. The minimum atomic E-state index is -4.43. The van der Waals surface area contributed by atoms with Gasteiger partial charge in [0, 0.05) is 33.2 Å². The largest absolute Gasteiger partial charge is 0.406 e. The Labute approximate surface area is 168 Å². The van der Waals surface area contributed by atoms with E-state index >= 15 is 0 Å². The molecule has 1 amide bonds. The molecule has 1 aliphatic rings. The summed E-state index contributed by atoms with van der Waals surface area (Å²) in [5.74, 6) is -0.335. The van der Waals surface area contributed by atoms with E-state index in [0.717, 1.165) is 32.1 Å². The van der Waals surface area contributed by atoms with Gasteiger partial charge in [-0.3, -0.25) is 9.79 Å². The highest BCUT2D eigenvalue weighted by Gasteiger charge is 2.31. The molecule has 0 aromatic heterocycles. The van der Waals surface area contributed by atoms with Crippen LogP contribution in [-0.4, -0.2) is 69.3 Å². The predicted octanol–water partition coefficient (Wildman–Crippen LogP) is 1.71. The molecular weight excluding hydrogens is 385 g/mol. The third-order valence-electron chi connectivity index (χ3n) is 4.60. The van der Waals surface area contributed by atoms with E-state index in [1.165, 1.54) is 7.05 Å². The number of halogens is 3. The highest BCUT2D eigenvalue weighted by Crippen LogP contribution is 2.23. The van der Waals surface area contributed by atoms with Gasteiger partial charge < -0.3 is 20.4 Å². The van der Waals surface area contributed by atoms with Gasteiger partial charge in [-0.15, -0.1) is 0 Å². The summed E-state index contributed by atoms with van der Waals surface area (Å²) in [5.41, 5.74) is 1.47. The Morgan fingerprint density at radius 3 is 2.79 bits per heavy atom. The number of guanidine groups is 1. The first-order valence-electron chi connectivity index (χ1n) is 9.25. The van der Waals surface area contributed by atoms with Gasteiger partial charge >= 0.3 is 6.18 Å². The van der Waals surface area contributed by atoms with Crippen LogP contribution in [-0.2, 0) is 4.79 Å². The minimum absolute atomic E-state index is 0.0182. The molecule has 1 fully saturated rings. The van der Waals surface area contributed by atoms with Crippen LogP contribution in [0.25, 0.3) is 0 Å². The maximum atomic E-state index is 12.4. The molecule has 7 nitrogen and oxygen atoms in total. The summed E-state index contributed by atoms with van der Waals surface area (Å²) in [6.45, 7) is -0.125. The standard InChI is InChI=1S/C19H25F3N6O/c1-24-18(25-11-17(29)27(2)13-19(20,21)22)26-15-7-5-9-28(12-15)16-8-4-3-6-14(16)10-23/h3-4,6,8,15H,5,7,9,11-13H2,1-2H3,(H2,24,25,26). The number of hydrogen-bond acceptors (Lipinski definition) is 4. The summed E-state index contributed by atoms with van der Waals surface area (Å²) in [6, 6.07) is 9.60. The van der Waals surface area contributed by atoms with Crippen LogP contribution in [0.5, 0.6) is 0 Å². The van der Waals surface area contributed by atoms with E-state index in [1.54, 1.807) is 6.07 Å². The van der Waals surface area contributed by atoms with Crippen molar-refractivity contribution in [3.05, 3.63) is 29.8 Å². The van der Waals surface area contributed by atoms with Crippen molar-refractivity contribution in [2.24, 2.45) is 4.99 Å². The van der Waals surface area contributed by atoms with Crippen LogP contribution in [0.1, 0.15) is 18.4 Å². The summed E-state index contributed by atoms with van der Waals surface area (Å²) in [4.78, 5) is 18.7. The Kier molecular flexibility index (Phi) is 7.70. The first-order valence-corrected chi connectivity index (χ1v) is 9.25. The van der Waals surface area contributed by atoms with Gasteiger partial charge in [0.1, 0.15) is 12.6 Å². The molecule has 2 N–H and O–H groups in total. The Hall–Kier alpha value is -2.96. The number of nitrogens with one attached hydrogen (secondary N) is 2. The van der Waals surface area contributed by atoms with Crippen LogP contribution in [0.2, 0.25) is 0 Å². The molecule has 1 aromatic rings. The van der Waals surface area contributed by atoms with Crippen molar-refractivity contribution in [2.45, 2.75) is 25.1 Å². The zero-order chi connectivity index (χ0) is 21.4. The number of para-hydroxylation sites is 1. The van der Waals surface area contributed by atoms with Crippen molar-refractivity contribution >= 4 is 17.6 Å². The molecule has 0 aliphatic carbocycles. The molecule has 1 atom stereocenters. The van der Waals surface area contributed by atoms with E-state index < -0.39 is 18.6 Å². The molecule has 10 heteroatoms. The zero-order valence-electron chi connectivity index (χ0n) is 16.5. The number of benzene rings is 1. The molecule has 1 heterocycles. The number of amides is 1. The monoisotopic (exact) mass is 410 g/mol. The zero-order valence-corrected chi connectivity index (χ0v) is 16.5. The lowest BCUT2D eigenvalue weighted by molar-refractivity contribution is -0.157. The molecule has 1 aromatic carbocycles. The lowest BCUT2D eigenvalue weighted by atomic mass is 10.0.